The first kappa shape index (κ1) is 16.5. The number of hydrogen-bond acceptors (Lipinski definition) is 5. The van der Waals surface area contributed by atoms with Crippen LogP contribution in [0.15, 0.2) is 30.6 Å². The monoisotopic (exact) mass is 358 g/mol. The molecule has 130 valence electrons. The number of nitrogens with zero attached hydrogens (tertiary/aromatic N) is 3. The highest BCUT2D eigenvalue weighted by atomic mass is 32.2. The van der Waals surface area contributed by atoms with Gasteiger partial charge in [0.15, 0.2) is 0 Å². The number of fused-ring (bicyclic) bond motifs is 2. The van der Waals surface area contributed by atoms with Crippen LogP contribution >= 0.6 is 11.9 Å². The molecule has 0 saturated carbocycles. The average molecular weight is 358 g/mol. The van der Waals surface area contributed by atoms with E-state index >= 15 is 0 Å². The number of hydrogen-bond donors (Lipinski definition) is 1. The number of halogens is 1. The minimum absolute atomic E-state index is 0.124. The number of aryl methyl sites for hydroxylation is 1. The first-order valence-electron chi connectivity index (χ1n) is 8.23. The Morgan fingerprint density at radius 3 is 3.12 bits per heavy atom. The average Bonchev–Trinajstić information content (AvgIpc) is 2.93. The largest absolute Gasteiger partial charge is 0.375 e. The van der Waals surface area contributed by atoms with Crippen molar-refractivity contribution in [1.29, 1.82) is 0 Å². The molecule has 0 radical (unpaired) electrons. The number of pyridine rings is 1. The van der Waals surface area contributed by atoms with Crippen LogP contribution in [0.2, 0.25) is 0 Å². The van der Waals surface area contributed by atoms with Gasteiger partial charge in [0.2, 0.25) is 5.95 Å². The molecule has 4 rings (SSSR count). The molecule has 1 aliphatic heterocycles. The van der Waals surface area contributed by atoms with Crippen LogP contribution in [-0.4, -0.2) is 27.1 Å². The summed E-state index contributed by atoms with van der Waals surface area (Å²) in [6, 6.07) is 5.78. The SMILES string of the molecule is CCSNC1COCc2c(-c3ccc4c(F)nn(C)c4c3)cncc21. The molecule has 1 aliphatic rings. The normalized spacial score (nSPS) is 17.0. The van der Waals surface area contributed by atoms with Crippen LogP contribution in [-0.2, 0) is 18.4 Å². The van der Waals surface area contributed by atoms with Gasteiger partial charge in [0.25, 0.3) is 0 Å². The molecule has 0 spiro atoms. The molecule has 0 amide bonds. The number of rotatable bonds is 4. The molecule has 3 aromatic rings. The second-order valence-corrected chi connectivity index (χ2v) is 7.12. The number of ether oxygens (including phenoxy) is 1. The number of nitrogens with one attached hydrogen (secondary N) is 1. The predicted molar refractivity (Wildman–Crippen MR) is 97.6 cm³/mol. The topological polar surface area (TPSA) is 52.0 Å². The van der Waals surface area contributed by atoms with E-state index in [0.29, 0.717) is 18.6 Å². The standard InChI is InChI=1S/C18H19FN4OS/c1-3-25-22-16-10-24-9-15-13(7-20-8-14(15)16)11-4-5-12-17(6-11)23(2)21-18(12)19/h4-8,16,22H,3,9-10H2,1-2H3. The van der Waals surface area contributed by atoms with Crippen LogP contribution in [0.4, 0.5) is 4.39 Å². The summed E-state index contributed by atoms with van der Waals surface area (Å²) in [6.07, 6.45) is 3.77. The van der Waals surface area contributed by atoms with E-state index < -0.39 is 5.95 Å². The predicted octanol–water partition coefficient (Wildman–Crippen LogP) is 3.60. The first-order chi connectivity index (χ1) is 12.2. The van der Waals surface area contributed by atoms with E-state index in [1.807, 2.05) is 24.5 Å². The third-order valence-electron chi connectivity index (χ3n) is 4.48. The molecule has 3 heterocycles. The lowest BCUT2D eigenvalue weighted by Crippen LogP contribution is -2.26. The molecule has 2 aromatic heterocycles. The highest BCUT2D eigenvalue weighted by molar-refractivity contribution is 7.97. The summed E-state index contributed by atoms with van der Waals surface area (Å²) in [5, 5.41) is 4.38. The summed E-state index contributed by atoms with van der Waals surface area (Å²) in [4.78, 5) is 4.44. The molecule has 0 fully saturated rings. The molecule has 1 aromatic carbocycles. The van der Waals surface area contributed by atoms with E-state index in [9.17, 15) is 4.39 Å². The van der Waals surface area contributed by atoms with E-state index in [-0.39, 0.29) is 6.04 Å². The first-order valence-corrected chi connectivity index (χ1v) is 9.22. The highest BCUT2D eigenvalue weighted by Crippen LogP contribution is 2.34. The van der Waals surface area contributed by atoms with E-state index in [0.717, 1.165) is 28.0 Å². The molecule has 1 unspecified atom stereocenters. The van der Waals surface area contributed by atoms with Gasteiger partial charge >= 0.3 is 0 Å². The summed E-state index contributed by atoms with van der Waals surface area (Å²) in [7, 11) is 1.75. The minimum Gasteiger partial charge on any atom is -0.375 e. The van der Waals surface area contributed by atoms with Gasteiger partial charge < -0.3 is 4.74 Å². The van der Waals surface area contributed by atoms with E-state index in [1.54, 1.807) is 29.7 Å². The van der Waals surface area contributed by atoms with Gasteiger partial charge in [0.05, 0.1) is 30.2 Å². The summed E-state index contributed by atoms with van der Waals surface area (Å²) in [5.41, 5.74) is 5.08. The summed E-state index contributed by atoms with van der Waals surface area (Å²) >= 11 is 1.68. The fraction of sp³-hybridized carbons (Fsp3) is 0.333. The van der Waals surface area contributed by atoms with Gasteiger partial charge in [-0.3, -0.25) is 14.4 Å². The Morgan fingerprint density at radius 2 is 2.28 bits per heavy atom. The van der Waals surface area contributed by atoms with Crippen molar-refractivity contribution >= 4 is 22.9 Å². The molecule has 0 bridgehead atoms. The Labute approximate surface area is 149 Å². The maximum atomic E-state index is 13.8. The molecule has 0 saturated heterocycles. The van der Waals surface area contributed by atoms with Crippen LogP contribution in [0.3, 0.4) is 0 Å². The van der Waals surface area contributed by atoms with Gasteiger partial charge in [-0.25, -0.2) is 0 Å². The number of aromatic nitrogens is 3. The Bertz CT molecular complexity index is 927. The van der Waals surface area contributed by atoms with Crippen molar-refractivity contribution in [2.75, 3.05) is 12.4 Å². The third kappa shape index (κ3) is 2.92. The fourth-order valence-corrected chi connectivity index (χ4v) is 3.81. The molecule has 25 heavy (non-hydrogen) atoms. The van der Waals surface area contributed by atoms with Crippen molar-refractivity contribution < 1.29 is 9.13 Å². The molecule has 1 N–H and O–H groups in total. The third-order valence-corrected chi connectivity index (χ3v) is 5.22. The smallest absolute Gasteiger partial charge is 0.240 e. The zero-order valence-electron chi connectivity index (χ0n) is 14.1. The molecule has 7 heteroatoms. The van der Waals surface area contributed by atoms with Crippen molar-refractivity contribution in [2.45, 2.75) is 19.6 Å². The van der Waals surface area contributed by atoms with Gasteiger partial charge in [-0.05, 0) is 28.8 Å². The van der Waals surface area contributed by atoms with Crippen LogP contribution in [0.25, 0.3) is 22.0 Å². The maximum absolute atomic E-state index is 13.8. The Hall–Kier alpha value is -1.96. The Balaban J connectivity index is 1.80. The second kappa shape index (κ2) is 6.74. The molecular formula is C18H19FN4OS. The highest BCUT2D eigenvalue weighted by Gasteiger charge is 2.24. The van der Waals surface area contributed by atoms with Crippen molar-refractivity contribution in [3.63, 3.8) is 0 Å². The fourth-order valence-electron chi connectivity index (χ4n) is 3.24. The van der Waals surface area contributed by atoms with Crippen molar-refractivity contribution in [3.05, 3.63) is 47.7 Å². The lowest BCUT2D eigenvalue weighted by Gasteiger charge is -2.27. The van der Waals surface area contributed by atoms with Gasteiger partial charge in [-0.2, -0.15) is 4.39 Å². The Morgan fingerprint density at radius 1 is 1.40 bits per heavy atom. The maximum Gasteiger partial charge on any atom is 0.240 e. The minimum atomic E-state index is -0.443. The van der Waals surface area contributed by atoms with E-state index in [1.165, 1.54) is 5.56 Å². The number of benzene rings is 1. The molecule has 5 nitrogen and oxygen atoms in total. The summed E-state index contributed by atoms with van der Waals surface area (Å²) in [6.45, 7) is 3.30. The van der Waals surface area contributed by atoms with Gasteiger partial charge in [-0.15, -0.1) is 5.10 Å². The quantitative estimate of drug-likeness (QED) is 0.722. The van der Waals surface area contributed by atoms with Crippen LogP contribution in [0.1, 0.15) is 24.1 Å². The summed E-state index contributed by atoms with van der Waals surface area (Å²) in [5.74, 6) is 0.545. The van der Waals surface area contributed by atoms with Crippen LogP contribution < -0.4 is 4.72 Å². The zero-order valence-corrected chi connectivity index (χ0v) is 14.9. The van der Waals surface area contributed by atoms with Crippen LogP contribution in [0, 0.1) is 5.95 Å². The van der Waals surface area contributed by atoms with Crippen molar-refractivity contribution in [1.82, 2.24) is 19.5 Å². The van der Waals surface area contributed by atoms with E-state index in [4.69, 9.17) is 4.74 Å². The van der Waals surface area contributed by atoms with Crippen molar-refractivity contribution in [2.24, 2.45) is 7.05 Å². The second-order valence-electron chi connectivity index (χ2n) is 6.02. The van der Waals surface area contributed by atoms with Gasteiger partial charge in [0.1, 0.15) is 0 Å². The molecular weight excluding hydrogens is 339 g/mol. The van der Waals surface area contributed by atoms with E-state index in [2.05, 4.69) is 21.7 Å². The molecule has 0 aliphatic carbocycles. The Kier molecular flexibility index (Phi) is 4.45. The van der Waals surface area contributed by atoms with Crippen LogP contribution in [0.5, 0.6) is 0 Å². The molecule has 1 atom stereocenters. The summed E-state index contributed by atoms with van der Waals surface area (Å²) < 4.78 is 24.6. The van der Waals surface area contributed by atoms with Crippen molar-refractivity contribution in [3.8, 4) is 11.1 Å². The van der Waals surface area contributed by atoms with Gasteiger partial charge in [-0.1, -0.05) is 24.9 Å². The lowest BCUT2D eigenvalue weighted by atomic mass is 9.93. The lowest BCUT2D eigenvalue weighted by molar-refractivity contribution is 0.0892. The zero-order chi connectivity index (χ0) is 17.4. The van der Waals surface area contributed by atoms with Gasteiger partial charge in [0, 0.05) is 30.8 Å².